The molecule has 51 heavy (non-hydrogen) atoms. The normalized spacial score (nSPS) is 13.4. The van der Waals surface area contributed by atoms with Crippen LogP contribution in [0.5, 0.6) is 0 Å². The number of benzene rings is 6. The van der Waals surface area contributed by atoms with Gasteiger partial charge in [0.2, 0.25) is 5.95 Å². The van der Waals surface area contributed by atoms with E-state index in [1.807, 2.05) is 24.3 Å². The first-order valence-electron chi connectivity index (χ1n) is 17.4. The molecule has 10 aromatic rings. The lowest BCUT2D eigenvalue weighted by Gasteiger charge is -2.14. The minimum atomic E-state index is 0.579. The fourth-order valence-corrected chi connectivity index (χ4v) is 7.92. The molecule has 0 amide bonds. The van der Waals surface area contributed by atoms with Crippen molar-refractivity contribution in [3.63, 3.8) is 0 Å². The Morgan fingerprint density at radius 3 is 1.90 bits per heavy atom. The molecule has 0 unspecified atom stereocenters. The number of hydrogen-bond acceptors (Lipinski definition) is 4. The molecule has 0 atom stereocenters. The summed E-state index contributed by atoms with van der Waals surface area (Å²) in [5.74, 6) is 1.85. The summed E-state index contributed by atoms with van der Waals surface area (Å²) in [5, 5.41) is 6.77. The van der Waals surface area contributed by atoms with Crippen LogP contribution in [0.4, 0.5) is 0 Å². The second kappa shape index (κ2) is 10.9. The third-order valence-corrected chi connectivity index (χ3v) is 10.2. The molecule has 4 aromatic heterocycles. The molecule has 0 spiro atoms. The minimum Gasteiger partial charge on any atom is -0.456 e. The van der Waals surface area contributed by atoms with Crippen LogP contribution < -0.4 is 0 Å². The van der Waals surface area contributed by atoms with Crippen LogP contribution in [-0.4, -0.2) is 24.1 Å². The highest BCUT2D eigenvalue weighted by atomic mass is 16.3. The number of rotatable bonds is 4. The van der Waals surface area contributed by atoms with Gasteiger partial charge in [0.15, 0.2) is 11.6 Å². The van der Waals surface area contributed by atoms with Crippen molar-refractivity contribution in [2.75, 3.05) is 0 Å². The van der Waals surface area contributed by atoms with Gasteiger partial charge < -0.3 is 8.98 Å². The molecular formula is C45H29N5O. The van der Waals surface area contributed by atoms with Gasteiger partial charge in [-0.25, -0.2) is 4.98 Å². The minimum absolute atomic E-state index is 0.579. The average molecular weight is 656 g/mol. The van der Waals surface area contributed by atoms with E-state index in [4.69, 9.17) is 19.4 Å². The highest BCUT2D eigenvalue weighted by Gasteiger charge is 2.23. The highest BCUT2D eigenvalue weighted by molar-refractivity contribution is 6.23. The molecule has 6 heteroatoms. The quantitative estimate of drug-likeness (QED) is 0.189. The van der Waals surface area contributed by atoms with Crippen molar-refractivity contribution in [3.8, 4) is 23.0 Å². The monoisotopic (exact) mass is 655 g/mol. The summed E-state index contributed by atoms with van der Waals surface area (Å²) in [6.45, 7) is 0. The van der Waals surface area contributed by atoms with Gasteiger partial charge in [-0.15, -0.1) is 0 Å². The third-order valence-electron chi connectivity index (χ3n) is 10.2. The molecule has 1 aliphatic rings. The fourth-order valence-electron chi connectivity index (χ4n) is 7.92. The van der Waals surface area contributed by atoms with Gasteiger partial charge in [0.25, 0.3) is 0 Å². The van der Waals surface area contributed by atoms with Gasteiger partial charge in [-0.2, -0.15) is 9.97 Å². The van der Waals surface area contributed by atoms with Crippen molar-refractivity contribution in [2.24, 2.45) is 0 Å². The summed E-state index contributed by atoms with van der Waals surface area (Å²) in [5.41, 5.74) is 9.07. The van der Waals surface area contributed by atoms with E-state index >= 15 is 0 Å². The van der Waals surface area contributed by atoms with E-state index in [1.54, 1.807) is 0 Å². The maximum Gasteiger partial charge on any atom is 0.238 e. The van der Waals surface area contributed by atoms with Crippen LogP contribution in [0, 0.1) is 0 Å². The molecule has 0 bridgehead atoms. The fraction of sp³-hybridized carbons (Fsp3) is 0.0444. The van der Waals surface area contributed by atoms with Crippen molar-refractivity contribution >= 4 is 71.1 Å². The molecule has 11 rings (SSSR count). The first kappa shape index (κ1) is 28.1. The molecule has 240 valence electrons. The Bertz CT molecular complexity index is 3090. The average Bonchev–Trinajstić information content (AvgIpc) is 3.86. The Kier molecular flexibility index (Phi) is 5.98. The van der Waals surface area contributed by atoms with Gasteiger partial charge in [0.05, 0.1) is 22.1 Å². The van der Waals surface area contributed by atoms with Crippen molar-refractivity contribution < 1.29 is 4.42 Å². The number of hydrogen-bond donors (Lipinski definition) is 0. The van der Waals surface area contributed by atoms with Crippen molar-refractivity contribution in [3.05, 3.63) is 158 Å². The number of allylic oxidation sites excluding steroid dienone is 4. The summed E-state index contributed by atoms with van der Waals surface area (Å²) in [7, 11) is 0. The molecule has 4 heterocycles. The topological polar surface area (TPSA) is 61.7 Å². The smallest absolute Gasteiger partial charge is 0.238 e. The lowest BCUT2D eigenvalue weighted by Crippen LogP contribution is -2.09. The lowest BCUT2D eigenvalue weighted by atomic mass is 10.1. The molecule has 0 radical (unpaired) electrons. The van der Waals surface area contributed by atoms with E-state index in [0.717, 1.165) is 84.4 Å². The van der Waals surface area contributed by atoms with Crippen LogP contribution in [0.25, 0.3) is 94.1 Å². The van der Waals surface area contributed by atoms with Crippen molar-refractivity contribution in [2.45, 2.75) is 12.8 Å². The van der Waals surface area contributed by atoms with Crippen LogP contribution in [0.2, 0.25) is 0 Å². The molecule has 0 saturated heterocycles. The van der Waals surface area contributed by atoms with Crippen LogP contribution >= 0.6 is 0 Å². The molecule has 0 aliphatic heterocycles. The third kappa shape index (κ3) is 4.20. The molecule has 0 fully saturated rings. The van der Waals surface area contributed by atoms with Gasteiger partial charge in [-0.1, -0.05) is 103 Å². The van der Waals surface area contributed by atoms with Gasteiger partial charge in [0.1, 0.15) is 11.2 Å². The second-order valence-corrected chi connectivity index (χ2v) is 13.1. The van der Waals surface area contributed by atoms with Crippen molar-refractivity contribution in [1.29, 1.82) is 0 Å². The van der Waals surface area contributed by atoms with E-state index in [-0.39, 0.29) is 0 Å². The molecular weight excluding hydrogens is 627 g/mol. The molecule has 0 saturated carbocycles. The maximum absolute atomic E-state index is 6.18. The van der Waals surface area contributed by atoms with E-state index < -0.39 is 0 Å². The van der Waals surface area contributed by atoms with Gasteiger partial charge in [-0.05, 0) is 61.4 Å². The first-order chi connectivity index (χ1) is 25.3. The van der Waals surface area contributed by atoms with Crippen LogP contribution in [0.3, 0.4) is 0 Å². The van der Waals surface area contributed by atoms with Gasteiger partial charge >= 0.3 is 0 Å². The van der Waals surface area contributed by atoms with Gasteiger partial charge in [-0.3, -0.25) is 4.57 Å². The standard InChI is InChI=1S/C45H29N5O/c1-3-13-28(14-4-1)43-46-44(29-23-26-40-36(27-29)33-19-9-12-22-39(33)51-40)48-45(47-43)50-38-21-11-8-18-32(38)35-25-24-34-31-17-7-10-20-37(31)49(41(34)42(35)50)30-15-5-2-6-16-30/h2-3,5-27H,1,4H2. The van der Waals surface area contributed by atoms with E-state index in [0.29, 0.717) is 17.6 Å². The zero-order valence-electron chi connectivity index (χ0n) is 27.5. The highest BCUT2D eigenvalue weighted by Crippen LogP contribution is 2.41. The molecule has 0 N–H and O–H groups in total. The van der Waals surface area contributed by atoms with Crippen LogP contribution in [0.1, 0.15) is 18.7 Å². The summed E-state index contributed by atoms with van der Waals surface area (Å²) < 4.78 is 10.8. The summed E-state index contributed by atoms with van der Waals surface area (Å²) >= 11 is 0. The largest absolute Gasteiger partial charge is 0.456 e. The summed E-state index contributed by atoms with van der Waals surface area (Å²) in [6, 6.07) is 46.7. The molecule has 6 aromatic carbocycles. The first-order valence-corrected chi connectivity index (χ1v) is 17.4. The van der Waals surface area contributed by atoms with Crippen LogP contribution in [-0.2, 0) is 0 Å². The Balaban J connectivity index is 1.27. The number of aromatic nitrogens is 5. The van der Waals surface area contributed by atoms with E-state index in [1.165, 1.54) is 10.8 Å². The Hall–Kier alpha value is -6.79. The van der Waals surface area contributed by atoms with Gasteiger partial charge in [0, 0.05) is 49.1 Å². The lowest BCUT2D eigenvalue weighted by molar-refractivity contribution is 0.669. The SMILES string of the molecule is C1=CC(c2nc(-c3ccc4oc5ccccc5c4c3)nc(-n3c4ccccc4c4ccc5c6ccccc6n(-c6ccccc6)c5c43)n2)=CCC1. The summed E-state index contributed by atoms with van der Waals surface area (Å²) in [4.78, 5) is 15.7. The van der Waals surface area contributed by atoms with E-state index in [2.05, 4.69) is 137 Å². The number of fused-ring (bicyclic) bond motifs is 10. The van der Waals surface area contributed by atoms with Crippen molar-refractivity contribution in [1.82, 2.24) is 24.1 Å². The second-order valence-electron chi connectivity index (χ2n) is 13.1. The number of para-hydroxylation sites is 4. The Labute approximate surface area is 292 Å². The zero-order chi connectivity index (χ0) is 33.5. The number of furan rings is 1. The van der Waals surface area contributed by atoms with E-state index in [9.17, 15) is 0 Å². The summed E-state index contributed by atoms with van der Waals surface area (Å²) in [6.07, 6.45) is 8.52. The van der Waals surface area contributed by atoms with Crippen LogP contribution in [0.15, 0.2) is 156 Å². The molecule has 6 nitrogen and oxygen atoms in total. The predicted octanol–water partition coefficient (Wildman–Crippen LogP) is 11.4. The molecule has 1 aliphatic carbocycles. The number of nitrogens with zero attached hydrogens (tertiary/aromatic N) is 5. The predicted molar refractivity (Wildman–Crippen MR) is 208 cm³/mol. The Morgan fingerprint density at radius 2 is 1.14 bits per heavy atom. The maximum atomic E-state index is 6.18. The Morgan fingerprint density at radius 1 is 0.490 bits per heavy atom. The zero-order valence-corrected chi connectivity index (χ0v) is 27.5.